The van der Waals surface area contributed by atoms with Crippen LogP contribution in [0.15, 0.2) is 51.8 Å². The van der Waals surface area contributed by atoms with Crippen LogP contribution >= 0.6 is 0 Å². The molecule has 6 heteroatoms. The van der Waals surface area contributed by atoms with Gasteiger partial charge in [0.2, 0.25) is 0 Å². The first-order valence-electron chi connectivity index (χ1n) is 7.98. The fraction of sp³-hybridized carbons (Fsp3) is 0.211. The number of carbonyl (C=O) groups is 1. The summed E-state index contributed by atoms with van der Waals surface area (Å²) >= 11 is 0. The van der Waals surface area contributed by atoms with Crippen molar-refractivity contribution in [2.75, 3.05) is 0 Å². The van der Waals surface area contributed by atoms with Gasteiger partial charge < -0.3 is 5.32 Å². The van der Waals surface area contributed by atoms with E-state index in [-0.39, 0.29) is 11.9 Å². The second kappa shape index (κ2) is 6.76. The summed E-state index contributed by atoms with van der Waals surface area (Å²) in [5, 5.41) is 6.65. The van der Waals surface area contributed by atoms with E-state index < -0.39 is 5.76 Å². The highest BCUT2D eigenvalue weighted by Gasteiger charge is 2.13. The molecule has 0 fully saturated rings. The van der Waals surface area contributed by atoms with Crippen LogP contribution < -0.4 is 11.1 Å². The van der Waals surface area contributed by atoms with Crippen LogP contribution in [0.2, 0.25) is 0 Å². The summed E-state index contributed by atoms with van der Waals surface area (Å²) in [5.74, 6) is -0.319. The molecular formula is C19H19N3O3. The fourth-order valence-electron chi connectivity index (χ4n) is 2.75. The molecule has 6 nitrogen and oxygen atoms in total. The standard InChI is InChI=1S/C19H19N3O3/c1-11-8-12(2)10-16(9-11)18(23)20-13(3)14-4-6-15(7-5-14)17-21-19(24)25-22-17/h4-10,13H,1-3H3,(H,20,23)(H,21,22,24). The van der Waals surface area contributed by atoms with Gasteiger partial charge in [-0.05, 0) is 38.5 Å². The van der Waals surface area contributed by atoms with Crippen molar-refractivity contribution < 1.29 is 9.32 Å². The Balaban J connectivity index is 1.73. The zero-order valence-corrected chi connectivity index (χ0v) is 14.3. The molecule has 1 heterocycles. The highest BCUT2D eigenvalue weighted by atomic mass is 16.5. The van der Waals surface area contributed by atoms with E-state index in [1.807, 2.05) is 63.2 Å². The van der Waals surface area contributed by atoms with E-state index in [0.717, 1.165) is 22.3 Å². The molecule has 0 bridgehead atoms. The molecule has 0 radical (unpaired) electrons. The molecule has 2 N–H and O–H groups in total. The van der Waals surface area contributed by atoms with Crippen LogP contribution in [0.25, 0.3) is 11.4 Å². The number of amides is 1. The van der Waals surface area contributed by atoms with Gasteiger partial charge >= 0.3 is 5.76 Å². The van der Waals surface area contributed by atoms with Crippen LogP contribution in [0, 0.1) is 13.8 Å². The molecule has 1 amide bonds. The molecule has 1 unspecified atom stereocenters. The Hall–Kier alpha value is -3.15. The molecule has 0 aliphatic rings. The normalized spacial score (nSPS) is 12.0. The van der Waals surface area contributed by atoms with Gasteiger partial charge in [0.15, 0.2) is 5.82 Å². The summed E-state index contributed by atoms with van der Waals surface area (Å²) in [6, 6.07) is 13.0. The van der Waals surface area contributed by atoms with Crippen LogP contribution in [0.3, 0.4) is 0 Å². The third kappa shape index (κ3) is 3.85. The largest absolute Gasteiger partial charge is 0.439 e. The number of aromatic nitrogens is 2. The van der Waals surface area contributed by atoms with E-state index in [9.17, 15) is 9.59 Å². The third-order valence-electron chi connectivity index (χ3n) is 3.96. The number of hydrogen-bond donors (Lipinski definition) is 2. The van der Waals surface area contributed by atoms with E-state index in [2.05, 4.69) is 20.0 Å². The molecule has 0 aliphatic carbocycles. The molecule has 3 rings (SSSR count). The minimum Gasteiger partial charge on any atom is -0.346 e. The molecule has 0 saturated heterocycles. The first-order chi connectivity index (χ1) is 11.9. The second-order valence-electron chi connectivity index (χ2n) is 6.14. The van der Waals surface area contributed by atoms with E-state index in [1.54, 1.807) is 0 Å². The van der Waals surface area contributed by atoms with Crippen LogP contribution in [0.5, 0.6) is 0 Å². The third-order valence-corrected chi connectivity index (χ3v) is 3.96. The Morgan fingerprint density at radius 3 is 2.32 bits per heavy atom. The van der Waals surface area contributed by atoms with E-state index >= 15 is 0 Å². The molecular weight excluding hydrogens is 318 g/mol. The Morgan fingerprint density at radius 1 is 1.12 bits per heavy atom. The molecule has 0 aliphatic heterocycles. The smallest absolute Gasteiger partial charge is 0.346 e. The van der Waals surface area contributed by atoms with Gasteiger partial charge in [-0.1, -0.05) is 46.6 Å². The highest BCUT2D eigenvalue weighted by molar-refractivity contribution is 5.94. The predicted octanol–water partition coefficient (Wildman–Crippen LogP) is 3.14. The first-order valence-corrected chi connectivity index (χ1v) is 7.98. The average molecular weight is 337 g/mol. The lowest BCUT2D eigenvalue weighted by atomic mass is 10.0. The quantitative estimate of drug-likeness (QED) is 0.765. The van der Waals surface area contributed by atoms with Crippen LogP contribution in [-0.4, -0.2) is 16.0 Å². The number of nitrogens with one attached hydrogen (secondary N) is 2. The van der Waals surface area contributed by atoms with Gasteiger partial charge in [-0.2, -0.15) is 0 Å². The summed E-state index contributed by atoms with van der Waals surface area (Å²) in [7, 11) is 0. The summed E-state index contributed by atoms with van der Waals surface area (Å²) in [6.45, 7) is 5.87. The number of carbonyl (C=O) groups excluding carboxylic acids is 1. The Labute approximate surface area is 144 Å². The molecule has 25 heavy (non-hydrogen) atoms. The van der Waals surface area contributed by atoms with Crippen molar-refractivity contribution in [1.82, 2.24) is 15.5 Å². The molecule has 2 aromatic carbocycles. The fourth-order valence-corrected chi connectivity index (χ4v) is 2.75. The molecule has 1 atom stereocenters. The Morgan fingerprint density at radius 2 is 1.76 bits per heavy atom. The van der Waals surface area contributed by atoms with Crippen LogP contribution in [-0.2, 0) is 0 Å². The monoisotopic (exact) mass is 337 g/mol. The van der Waals surface area contributed by atoms with Crippen molar-refractivity contribution in [2.45, 2.75) is 26.8 Å². The first kappa shape index (κ1) is 16.7. The number of nitrogens with zero attached hydrogens (tertiary/aromatic N) is 1. The van der Waals surface area contributed by atoms with Crippen LogP contribution in [0.1, 0.15) is 40.0 Å². The lowest BCUT2D eigenvalue weighted by Crippen LogP contribution is -2.26. The number of aromatic amines is 1. The lowest BCUT2D eigenvalue weighted by molar-refractivity contribution is 0.0939. The van der Waals surface area contributed by atoms with Crippen molar-refractivity contribution in [3.63, 3.8) is 0 Å². The number of hydrogen-bond acceptors (Lipinski definition) is 4. The maximum atomic E-state index is 12.5. The van der Waals surface area contributed by atoms with E-state index in [1.165, 1.54) is 0 Å². The second-order valence-corrected chi connectivity index (χ2v) is 6.14. The topological polar surface area (TPSA) is 88.0 Å². The number of aryl methyl sites for hydroxylation is 2. The maximum absolute atomic E-state index is 12.5. The van der Waals surface area contributed by atoms with Gasteiger partial charge in [-0.25, -0.2) is 4.79 Å². The summed E-state index contributed by atoms with van der Waals surface area (Å²) in [6.07, 6.45) is 0. The zero-order chi connectivity index (χ0) is 18.0. The van der Waals surface area contributed by atoms with Gasteiger partial charge in [0.05, 0.1) is 6.04 Å². The van der Waals surface area contributed by atoms with Gasteiger partial charge in [0.25, 0.3) is 5.91 Å². The van der Waals surface area contributed by atoms with E-state index in [4.69, 9.17) is 0 Å². The predicted molar refractivity (Wildman–Crippen MR) is 94.4 cm³/mol. The minimum atomic E-state index is -0.590. The van der Waals surface area contributed by atoms with Gasteiger partial charge in [0.1, 0.15) is 0 Å². The number of H-pyrrole nitrogens is 1. The lowest BCUT2D eigenvalue weighted by Gasteiger charge is -2.15. The van der Waals surface area contributed by atoms with Crippen molar-refractivity contribution in [3.8, 4) is 11.4 Å². The number of benzene rings is 2. The number of rotatable bonds is 4. The average Bonchev–Trinajstić information content (AvgIpc) is 3.00. The zero-order valence-electron chi connectivity index (χ0n) is 14.3. The maximum Gasteiger partial charge on any atom is 0.439 e. The van der Waals surface area contributed by atoms with Crippen molar-refractivity contribution >= 4 is 5.91 Å². The molecule has 1 aromatic heterocycles. The van der Waals surface area contributed by atoms with Gasteiger partial charge in [-0.15, -0.1) is 0 Å². The van der Waals surface area contributed by atoms with Crippen molar-refractivity contribution in [3.05, 3.63) is 75.3 Å². The van der Waals surface area contributed by atoms with Crippen molar-refractivity contribution in [2.24, 2.45) is 0 Å². The summed E-state index contributed by atoms with van der Waals surface area (Å²) < 4.78 is 4.50. The SMILES string of the molecule is Cc1cc(C)cc(C(=O)NC(C)c2ccc(-c3noc(=O)[nH]3)cc2)c1. The van der Waals surface area contributed by atoms with Crippen molar-refractivity contribution in [1.29, 1.82) is 0 Å². The van der Waals surface area contributed by atoms with E-state index in [0.29, 0.717) is 11.4 Å². The minimum absolute atomic E-state index is 0.107. The Kier molecular flexibility index (Phi) is 4.52. The molecule has 0 spiro atoms. The molecule has 128 valence electrons. The van der Waals surface area contributed by atoms with Gasteiger partial charge in [0, 0.05) is 11.1 Å². The van der Waals surface area contributed by atoms with Gasteiger partial charge in [-0.3, -0.25) is 14.3 Å². The Bertz CT molecular complexity index is 934. The summed E-state index contributed by atoms with van der Waals surface area (Å²) in [5.41, 5.74) is 4.46. The molecule has 3 aromatic rings. The molecule has 0 saturated carbocycles. The highest BCUT2D eigenvalue weighted by Crippen LogP contribution is 2.19. The van der Waals surface area contributed by atoms with Crippen LogP contribution in [0.4, 0.5) is 0 Å². The summed E-state index contributed by atoms with van der Waals surface area (Å²) in [4.78, 5) is 26.0.